The monoisotopic (exact) mass is 136 g/mol. The summed E-state index contributed by atoms with van der Waals surface area (Å²) in [5, 5.41) is 15.7. The predicted molar refractivity (Wildman–Crippen MR) is 35.0 cm³/mol. The van der Waals surface area contributed by atoms with Gasteiger partial charge >= 0.3 is 0 Å². The standard InChI is InChI=1S/C6H8N4/c1-6-5-8-9-10(6)4-2-3-7/h5H,2,4H2,1H3. The Balaban J connectivity index is 2.59. The van der Waals surface area contributed by atoms with Crippen molar-refractivity contribution in [1.29, 1.82) is 5.26 Å². The Morgan fingerprint density at radius 3 is 3.10 bits per heavy atom. The van der Waals surface area contributed by atoms with Gasteiger partial charge in [-0.2, -0.15) is 5.26 Å². The summed E-state index contributed by atoms with van der Waals surface area (Å²) >= 11 is 0. The minimum Gasteiger partial charge on any atom is -0.249 e. The summed E-state index contributed by atoms with van der Waals surface area (Å²) in [5.41, 5.74) is 0.996. The van der Waals surface area contributed by atoms with Gasteiger partial charge in [0.2, 0.25) is 0 Å². The van der Waals surface area contributed by atoms with Crippen molar-refractivity contribution in [2.45, 2.75) is 19.9 Å². The van der Waals surface area contributed by atoms with Crippen molar-refractivity contribution in [2.75, 3.05) is 0 Å². The van der Waals surface area contributed by atoms with Crippen molar-refractivity contribution in [2.24, 2.45) is 0 Å². The van der Waals surface area contributed by atoms with E-state index in [-0.39, 0.29) is 0 Å². The highest BCUT2D eigenvalue weighted by Gasteiger charge is 1.94. The van der Waals surface area contributed by atoms with Crippen LogP contribution in [0.3, 0.4) is 0 Å². The van der Waals surface area contributed by atoms with Gasteiger partial charge in [-0.1, -0.05) is 5.21 Å². The summed E-state index contributed by atoms with van der Waals surface area (Å²) < 4.78 is 1.71. The summed E-state index contributed by atoms with van der Waals surface area (Å²) in [7, 11) is 0. The fourth-order valence-electron chi connectivity index (χ4n) is 0.686. The smallest absolute Gasteiger partial charge is 0.0722 e. The third-order valence-electron chi connectivity index (χ3n) is 1.25. The molecule has 0 atom stereocenters. The number of nitrogens with zero attached hydrogens (tertiary/aromatic N) is 4. The Labute approximate surface area is 59.1 Å². The van der Waals surface area contributed by atoms with Crippen LogP contribution in [0.15, 0.2) is 6.20 Å². The first-order valence-corrected chi connectivity index (χ1v) is 3.06. The van der Waals surface area contributed by atoms with Gasteiger partial charge < -0.3 is 0 Å². The number of aromatic nitrogens is 3. The maximum absolute atomic E-state index is 8.24. The zero-order valence-electron chi connectivity index (χ0n) is 5.78. The van der Waals surface area contributed by atoms with Gasteiger partial charge in [-0.05, 0) is 6.92 Å². The largest absolute Gasteiger partial charge is 0.249 e. The van der Waals surface area contributed by atoms with E-state index in [1.54, 1.807) is 10.9 Å². The minimum absolute atomic E-state index is 0.490. The van der Waals surface area contributed by atoms with E-state index in [1.165, 1.54) is 0 Å². The molecule has 1 aromatic heterocycles. The van der Waals surface area contributed by atoms with Gasteiger partial charge in [0, 0.05) is 0 Å². The van der Waals surface area contributed by atoms with E-state index in [1.807, 2.05) is 13.0 Å². The minimum atomic E-state index is 0.490. The third-order valence-corrected chi connectivity index (χ3v) is 1.25. The van der Waals surface area contributed by atoms with Crippen molar-refractivity contribution in [3.8, 4) is 6.07 Å². The molecule has 0 saturated heterocycles. The second kappa shape index (κ2) is 2.97. The van der Waals surface area contributed by atoms with Crippen LogP contribution in [0.1, 0.15) is 12.1 Å². The summed E-state index contributed by atoms with van der Waals surface area (Å²) in [4.78, 5) is 0. The normalized spacial score (nSPS) is 9.20. The Morgan fingerprint density at radius 1 is 1.80 bits per heavy atom. The molecular formula is C6H8N4. The van der Waals surface area contributed by atoms with Gasteiger partial charge in [-0.3, -0.25) is 0 Å². The van der Waals surface area contributed by atoms with Crippen LogP contribution in [-0.2, 0) is 6.54 Å². The lowest BCUT2D eigenvalue weighted by atomic mass is 10.4. The molecule has 0 bridgehead atoms. The second-order valence-corrected chi connectivity index (χ2v) is 2.01. The molecule has 4 nitrogen and oxygen atoms in total. The lowest BCUT2D eigenvalue weighted by molar-refractivity contribution is 0.586. The SMILES string of the molecule is Cc1cnnn1CCC#N. The van der Waals surface area contributed by atoms with E-state index >= 15 is 0 Å². The Hall–Kier alpha value is -1.37. The molecule has 0 spiro atoms. The molecule has 10 heavy (non-hydrogen) atoms. The van der Waals surface area contributed by atoms with Gasteiger partial charge in [0.05, 0.1) is 30.9 Å². The molecule has 4 heteroatoms. The molecule has 1 rings (SSSR count). The van der Waals surface area contributed by atoms with E-state index in [0.717, 1.165) is 5.69 Å². The van der Waals surface area contributed by atoms with Crippen LogP contribution >= 0.6 is 0 Å². The zero-order chi connectivity index (χ0) is 7.40. The maximum Gasteiger partial charge on any atom is 0.0722 e. The van der Waals surface area contributed by atoms with Gasteiger partial charge in [0.15, 0.2) is 0 Å². The first-order chi connectivity index (χ1) is 4.84. The molecule has 52 valence electrons. The molecule has 0 aliphatic carbocycles. The molecule has 1 aromatic rings. The van der Waals surface area contributed by atoms with E-state index in [0.29, 0.717) is 13.0 Å². The van der Waals surface area contributed by atoms with E-state index < -0.39 is 0 Å². The molecule has 0 amide bonds. The van der Waals surface area contributed by atoms with Crippen molar-refractivity contribution in [3.05, 3.63) is 11.9 Å². The molecule has 0 fully saturated rings. The van der Waals surface area contributed by atoms with Gasteiger partial charge in [0.1, 0.15) is 0 Å². The Morgan fingerprint density at radius 2 is 2.60 bits per heavy atom. The van der Waals surface area contributed by atoms with Crippen molar-refractivity contribution in [3.63, 3.8) is 0 Å². The molecule has 0 aromatic carbocycles. The zero-order valence-corrected chi connectivity index (χ0v) is 5.78. The summed E-state index contributed by atoms with van der Waals surface area (Å²) in [6.45, 7) is 2.56. The average Bonchev–Trinajstić information content (AvgIpc) is 2.31. The van der Waals surface area contributed by atoms with Crippen molar-refractivity contribution < 1.29 is 0 Å². The van der Waals surface area contributed by atoms with Crippen molar-refractivity contribution >= 4 is 0 Å². The van der Waals surface area contributed by atoms with E-state index in [9.17, 15) is 0 Å². The summed E-state index contributed by atoms with van der Waals surface area (Å²) in [5.74, 6) is 0. The first-order valence-electron chi connectivity index (χ1n) is 3.06. The molecule has 0 aliphatic heterocycles. The van der Waals surface area contributed by atoms with Crippen LogP contribution in [0, 0.1) is 18.3 Å². The number of rotatable bonds is 2. The maximum atomic E-state index is 8.24. The van der Waals surface area contributed by atoms with Gasteiger partial charge in [-0.25, -0.2) is 4.68 Å². The molecule has 1 heterocycles. The number of aryl methyl sites for hydroxylation is 2. The first kappa shape index (κ1) is 6.75. The topological polar surface area (TPSA) is 54.5 Å². The van der Waals surface area contributed by atoms with Crippen LogP contribution in [0.5, 0.6) is 0 Å². The highest BCUT2D eigenvalue weighted by molar-refractivity contribution is 4.89. The lowest BCUT2D eigenvalue weighted by Crippen LogP contribution is -2.01. The quantitative estimate of drug-likeness (QED) is 0.594. The molecular weight excluding hydrogens is 128 g/mol. The highest BCUT2D eigenvalue weighted by atomic mass is 15.4. The number of nitriles is 1. The summed E-state index contributed by atoms with van der Waals surface area (Å²) in [6, 6.07) is 2.04. The fraction of sp³-hybridized carbons (Fsp3) is 0.500. The molecule has 0 N–H and O–H groups in total. The van der Waals surface area contributed by atoms with Crippen LogP contribution in [-0.4, -0.2) is 15.0 Å². The molecule has 0 radical (unpaired) electrons. The molecule has 0 unspecified atom stereocenters. The third kappa shape index (κ3) is 1.32. The van der Waals surface area contributed by atoms with Crippen LogP contribution in [0.25, 0.3) is 0 Å². The van der Waals surface area contributed by atoms with Crippen molar-refractivity contribution in [1.82, 2.24) is 15.0 Å². The van der Waals surface area contributed by atoms with Crippen LogP contribution < -0.4 is 0 Å². The Kier molecular flexibility index (Phi) is 2.00. The predicted octanol–water partition coefficient (Wildman–Crippen LogP) is 0.500. The van der Waals surface area contributed by atoms with Gasteiger partial charge in [0.25, 0.3) is 0 Å². The van der Waals surface area contributed by atoms with E-state index in [4.69, 9.17) is 5.26 Å². The number of hydrogen-bond donors (Lipinski definition) is 0. The van der Waals surface area contributed by atoms with Crippen LogP contribution in [0.4, 0.5) is 0 Å². The molecule has 0 aliphatic rings. The number of hydrogen-bond acceptors (Lipinski definition) is 3. The second-order valence-electron chi connectivity index (χ2n) is 2.01. The van der Waals surface area contributed by atoms with E-state index in [2.05, 4.69) is 10.3 Å². The lowest BCUT2D eigenvalue weighted by Gasteiger charge is -1.95. The summed E-state index contributed by atoms with van der Waals surface area (Å²) in [6.07, 6.45) is 2.17. The fourth-order valence-corrected chi connectivity index (χ4v) is 0.686. The Bertz CT molecular complexity index is 244. The van der Waals surface area contributed by atoms with Gasteiger partial charge in [-0.15, -0.1) is 5.10 Å². The molecule has 0 saturated carbocycles. The van der Waals surface area contributed by atoms with Crippen LogP contribution in [0.2, 0.25) is 0 Å². The average molecular weight is 136 g/mol. The highest BCUT2D eigenvalue weighted by Crippen LogP contribution is 1.93.